The lowest BCUT2D eigenvalue weighted by molar-refractivity contribution is 0.658. The van der Waals surface area contributed by atoms with E-state index in [0.29, 0.717) is 0 Å². The van der Waals surface area contributed by atoms with E-state index in [0.717, 1.165) is 30.9 Å². The second-order valence-electron chi connectivity index (χ2n) is 4.45. The van der Waals surface area contributed by atoms with Crippen molar-refractivity contribution >= 4 is 0 Å². The molecule has 2 aromatic heterocycles. The molecule has 0 saturated carbocycles. The van der Waals surface area contributed by atoms with Crippen LogP contribution in [0, 0.1) is 0 Å². The summed E-state index contributed by atoms with van der Waals surface area (Å²) in [6, 6.07) is 0. The van der Waals surface area contributed by atoms with Gasteiger partial charge in [0.05, 0.1) is 12.2 Å². The van der Waals surface area contributed by atoms with Gasteiger partial charge in [-0.2, -0.15) is 0 Å². The van der Waals surface area contributed by atoms with Gasteiger partial charge in [-0.25, -0.2) is 4.68 Å². The highest BCUT2D eigenvalue weighted by Crippen LogP contribution is 2.35. The van der Waals surface area contributed by atoms with E-state index in [4.69, 9.17) is 0 Å². The molecular weight excluding hydrogens is 202 g/mol. The minimum Gasteiger partial charge on any atom is -0.258 e. The molecule has 2 aromatic rings. The van der Waals surface area contributed by atoms with Crippen LogP contribution in [-0.2, 0) is 19.4 Å². The first-order chi connectivity index (χ1) is 7.93. The Kier molecular flexibility index (Phi) is 1.50. The fourth-order valence-electron chi connectivity index (χ4n) is 2.77. The Hall–Kier alpha value is -1.78. The lowest BCUT2D eigenvalue weighted by Crippen LogP contribution is -2.06. The van der Waals surface area contributed by atoms with Crippen LogP contribution < -0.4 is 0 Å². The Bertz CT molecular complexity index is 572. The summed E-state index contributed by atoms with van der Waals surface area (Å²) in [6.45, 7) is 0.727. The van der Waals surface area contributed by atoms with Crippen molar-refractivity contribution in [3.63, 3.8) is 0 Å². The third-order valence-electron chi connectivity index (χ3n) is 3.53. The van der Waals surface area contributed by atoms with Crippen molar-refractivity contribution in [2.24, 2.45) is 0 Å². The highest BCUT2D eigenvalue weighted by molar-refractivity contribution is 5.68. The van der Waals surface area contributed by atoms with Gasteiger partial charge in [-0.1, -0.05) is 0 Å². The summed E-state index contributed by atoms with van der Waals surface area (Å²) >= 11 is 0. The van der Waals surface area contributed by atoms with Crippen LogP contribution in [0.4, 0.5) is 0 Å². The Labute approximate surface area is 92.5 Å². The van der Waals surface area contributed by atoms with Crippen molar-refractivity contribution in [1.82, 2.24) is 25.2 Å². The van der Waals surface area contributed by atoms with Crippen molar-refractivity contribution in [2.45, 2.75) is 32.2 Å². The van der Waals surface area contributed by atoms with Crippen molar-refractivity contribution in [1.29, 1.82) is 0 Å². The molecule has 0 bridgehead atoms. The third-order valence-corrected chi connectivity index (χ3v) is 3.53. The van der Waals surface area contributed by atoms with Crippen molar-refractivity contribution in [2.75, 3.05) is 0 Å². The lowest BCUT2D eigenvalue weighted by atomic mass is 9.89. The molecule has 5 heteroatoms. The van der Waals surface area contributed by atoms with E-state index in [9.17, 15) is 0 Å². The van der Waals surface area contributed by atoms with Gasteiger partial charge in [0, 0.05) is 11.8 Å². The largest absolute Gasteiger partial charge is 0.258 e. The van der Waals surface area contributed by atoms with Crippen molar-refractivity contribution in [3.8, 4) is 11.4 Å². The van der Waals surface area contributed by atoms with E-state index >= 15 is 0 Å². The van der Waals surface area contributed by atoms with Crippen LogP contribution in [0.1, 0.15) is 29.7 Å². The summed E-state index contributed by atoms with van der Waals surface area (Å²) in [5.41, 5.74) is 5.14. The molecule has 0 N–H and O–H groups in total. The van der Waals surface area contributed by atoms with Gasteiger partial charge in [0.2, 0.25) is 0 Å². The molecule has 0 spiro atoms. The number of hydrogen-bond donors (Lipinski definition) is 0. The number of aryl methyl sites for hydroxylation is 1. The quantitative estimate of drug-likeness (QED) is 0.558. The first-order valence-corrected chi connectivity index (χ1v) is 5.69. The fourth-order valence-corrected chi connectivity index (χ4v) is 2.77. The van der Waals surface area contributed by atoms with Gasteiger partial charge >= 0.3 is 0 Å². The number of tetrazole rings is 1. The summed E-state index contributed by atoms with van der Waals surface area (Å²) in [7, 11) is 0. The highest BCUT2D eigenvalue weighted by atomic mass is 15.5. The second kappa shape index (κ2) is 2.87. The predicted octanol–water partition coefficient (Wildman–Crippen LogP) is 0.976. The molecule has 1 aliphatic heterocycles. The van der Waals surface area contributed by atoms with Gasteiger partial charge in [0.15, 0.2) is 5.82 Å². The smallest absolute Gasteiger partial charge is 0.184 e. The van der Waals surface area contributed by atoms with Crippen LogP contribution in [0.25, 0.3) is 11.4 Å². The van der Waals surface area contributed by atoms with Crippen LogP contribution in [0.15, 0.2) is 6.20 Å². The molecule has 5 nitrogen and oxygen atoms in total. The Morgan fingerprint density at radius 1 is 1.19 bits per heavy atom. The molecule has 4 rings (SSSR count). The van der Waals surface area contributed by atoms with Crippen LogP contribution in [0.2, 0.25) is 0 Å². The maximum atomic E-state index is 4.53. The first kappa shape index (κ1) is 8.38. The van der Waals surface area contributed by atoms with E-state index in [2.05, 4.69) is 20.5 Å². The Morgan fingerprint density at radius 2 is 2.12 bits per heavy atom. The van der Waals surface area contributed by atoms with E-state index in [-0.39, 0.29) is 0 Å². The monoisotopic (exact) mass is 213 g/mol. The van der Waals surface area contributed by atoms with Gasteiger partial charge in [-0.15, -0.1) is 5.10 Å². The zero-order valence-electron chi connectivity index (χ0n) is 8.85. The average Bonchev–Trinajstić information content (AvgIpc) is 2.88. The van der Waals surface area contributed by atoms with Gasteiger partial charge in [0.25, 0.3) is 0 Å². The van der Waals surface area contributed by atoms with Crippen molar-refractivity contribution in [3.05, 3.63) is 23.0 Å². The third kappa shape index (κ3) is 0.951. The van der Waals surface area contributed by atoms with E-state index in [1.807, 2.05) is 10.9 Å². The Balaban J connectivity index is 2.02. The lowest BCUT2D eigenvalue weighted by Gasteiger charge is -2.17. The van der Waals surface area contributed by atoms with Crippen LogP contribution in [0.3, 0.4) is 0 Å². The topological polar surface area (TPSA) is 56.5 Å². The molecule has 0 saturated heterocycles. The standard InChI is InChI=1S/C11H11N5/c1-2-4-8-7(3-1)5-12-9-6-16-11(10(8)9)13-14-15-16/h5H,1-4,6H2. The number of nitrogens with zero attached hydrogens (tertiary/aromatic N) is 5. The molecule has 1 aliphatic carbocycles. The summed E-state index contributed by atoms with van der Waals surface area (Å²) < 4.78 is 1.84. The number of rotatable bonds is 0. The van der Waals surface area contributed by atoms with Gasteiger partial charge in [-0.3, -0.25) is 4.98 Å². The molecule has 16 heavy (non-hydrogen) atoms. The van der Waals surface area contributed by atoms with E-state index in [1.54, 1.807) is 0 Å². The number of fused-ring (bicyclic) bond motifs is 5. The van der Waals surface area contributed by atoms with E-state index in [1.165, 1.54) is 29.5 Å². The van der Waals surface area contributed by atoms with Crippen molar-refractivity contribution < 1.29 is 0 Å². The number of aromatic nitrogens is 5. The second-order valence-corrected chi connectivity index (χ2v) is 4.45. The molecular formula is C11H11N5. The van der Waals surface area contributed by atoms with Crippen LogP contribution in [-0.4, -0.2) is 25.2 Å². The minimum absolute atomic E-state index is 0.727. The van der Waals surface area contributed by atoms with Crippen LogP contribution >= 0.6 is 0 Å². The predicted molar refractivity (Wildman–Crippen MR) is 56.8 cm³/mol. The maximum Gasteiger partial charge on any atom is 0.184 e. The molecule has 0 atom stereocenters. The van der Waals surface area contributed by atoms with Gasteiger partial charge < -0.3 is 0 Å². The number of hydrogen-bond acceptors (Lipinski definition) is 4. The van der Waals surface area contributed by atoms with E-state index < -0.39 is 0 Å². The van der Waals surface area contributed by atoms with Gasteiger partial charge in [-0.05, 0) is 47.2 Å². The zero-order chi connectivity index (χ0) is 10.5. The molecule has 0 amide bonds. The fraction of sp³-hybridized carbons (Fsp3) is 0.455. The SMILES string of the molecule is c1nc2c(c3c1CCCC3)-c1nnnn1C2. The number of pyridine rings is 1. The Morgan fingerprint density at radius 3 is 3.12 bits per heavy atom. The molecule has 2 aliphatic rings. The zero-order valence-corrected chi connectivity index (χ0v) is 8.85. The summed E-state index contributed by atoms with van der Waals surface area (Å²) in [5.74, 6) is 0.904. The normalized spacial score (nSPS) is 16.8. The molecule has 0 aromatic carbocycles. The average molecular weight is 213 g/mol. The molecule has 0 radical (unpaired) electrons. The molecule has 80 valence electrons. The minimum atomic E-state index is 0.727. The molecule has 0 fully saturated rings. The maximum absolute atomic E-state index is 4.53. The summed E-state index contributed by atoms with van der Waals surface area (Å²) in [4.78, 5) is 4.53. The summed E-state index contributed by atoms with van der Waals surface area (Å²) in [5, 5.41) is 11.8. The highest BCUT2D eigenvalue weighted by Gasteiger charge is 2.28. The first-order valence-electron chi connectivity index (χ1n) is 5.69. The van der Waals surface area contributed by atoms with Gasteiger partial charge in [0.1, 0.15) is 0 Å². The molecule has 3 heterocycles. The summed E-state index contributed by atoms with van der Waals surface area (Å²) in [6.07, 6.45) is 6.88. The molecule has 0 unspecified atom stereocenters. The van der Waals surface area contributed by atoms with Crippen LogP contribution in [0.5, 0.6) is 0 Å².